The van der Waals surface area contributed by atoms with E-state index in [-0.39, 0.29) is 17.6 Å². The number of carboxylic acids is 1. The monoisotopic (exact) mass is 338 g/mol. The number of carbonyl (C=O) groups excluding carboxylic acids is 1. The summed E-state index contributed by atoms with van der Waals surface area (Å²) in [7, 11) is 1.81. The Labute approximate surface area is 147 Å². The van der Waals surface area contributed by atoms with Crippen molar-refractivity contribution in [2.45, 2.75) is 37.6 Å². The van der Waals surface area contributed by atoms with Crippen LogP contribution in [-0.2, 0) is 0 Å². The van der Waals surface area contributed by atoms with Gasteiger partial charge < -0.3 is 10.0 Å². The van der Waals surface area contributed by atoms with Gasteiger partial charge in [0.25, 0.3) is 5.91 Å². The number of hydrogen-bond donors (Lipinski definition) is 1. The molecule has 1 aliphatic rings. The molecule has 2 aromatic rings. The van der Waals surface area contributed by atoms with Crippen LogP contribution in [0.5, 0.6) is 0 Å². The molecule has 0 aliphatic heterocycles. The molecule has 1 amide bonds. The molecule has 0 saturated heterocycles. The van der Waals surface area contributed by atoms with Crippen molar-refractivity contribution >= 4 is 11.9 Å². The lowest BCUT2D eigenvalue weighted by atomic mass is 9.79. The topological polar surface area (TPSA) is 70.5 Å². The number of benzene rings is 1. The van der Waals surface area contributed by atoms with Gasteiger partial charge in [0.1, 0.15) is 5.69 Å². The Morgan fingerprint density at radius 1 is 1.12 bits per heavy atom. The zero-order valence-electron chi connectivity index (χ0n) is 14.3. The minimum Gasteiger partial charge on any atom is -0.477 e. The summed E-state index contributed by atoms with van der Waals surface area (Å²) in [5.41, 5.74) is 1.52. The van der Waals surface area contributed by atoms with Crippen LogP contribution >= 0.6 is 0 Å². The summed E-state index contributed by atoms with van der Waals surface area (Å²) in [6.45, 7) is 0. The maximum atomic E-state index is 12.9. The van der Waals surface area contributed by atoms with E-state index >= 15 is 0 Å². The van der Waals surface area contributed by atoms with E-state index in [4.69, 9.17) is 5.11 Å². The molecule has 0 bridgehead atoms. The van der Waals surface area contributed by atoms with E-state index in [2.05, 4.69) is 17.1 Å². The van der Waals surface area contributed by atoms with Gasteiger partial charge in [-0.05, 0) is 30.5 Å². The minimum atomic E-state index is -1.13. The number of carboxylic acid groups (broad SMARTS) is 1. The third kappa shape index (κ3) is 3.71. The number of hydrogen-bond acceptors (Lipinski definition) is 3. The molecule has 1 N–H and O–H groups in total. The molecular formula is C20H22N2O3. The van der Waals surface area contributed by atoms with Crippen molar-refractivity contribution < 1.29 is 14.7 Å². The molecule has 2 unspecified atom stereocenters. The third-order valence-electron chi connectivity index (χ3n) is 5.00. The Morgan fingerprint density at radius 2 is 1.84 bits per heavy atom. The molecule has 2 atom stereocenters. The second kappa shape index (κ2) is 7.47. The van der Waals surface area contributed by atoms with Crippen molar-refractivity contribution in [1.29, 1.82) is 0 Å². The van der Waals surface area contributed by atoms with Crippen LogP contribution in [-0.4, -0.2) is 40.0 Å². The van der Waals surface area contributed by atoms with Crippen LogP contribution in [0, 0.1) is 0 Å². The first-order chi connectivity index (χ1) is 12.1. The van der Waals surface area contributed by atoms with Gasteiger partial charge in [0, 0.05) is 30.8 Å². The second-order valence-corrected chi connectivity index (χ2v) is 6.52. The standard InChI is InChI=1S/C20H22N2O3/c1-22(19(23)15-11-12-21-17(13-15)20(24)25)18-10-6-5-9-16(18)14-7-3-2-4-8-14/h2-4,7-8,11-13,16,18H,5-6,9-10H2,1H3,(H,24,25). The van der Waals surface area contributed by atoms with Crippen LogP contribution in [0.1, 0.15) is 58.0 Å². The number of nitrogens with zero attached hydrogens (tertiary/aromatic N) is 2. The Bertz CT molecular complexity index is 761. The fourth-order valence-corrected chi connectivity index (χ4v) is 3.70. The van der Waals surface area contributed by atoms with Crippen LogP contribution in [0.3, 0.4) is 0 Å². The van der Waals surface area contributed by atoms with Gasteiger partial charge in [0.15, 0.2) is 0 Å². The van der Waals surface area contributed by atoms with Gasteiger partial charge in [-0.25, -0.2) is 9.78 Å². The molecule has 5 nitrogen and oxygen atoms in total. The molecule has 1 aromatic carbocycles. The van der Waals surface area contributed by atoms with Crippen molar-refractivity contribution in [3.05, 3.63) is 65.5 Å². The highest BCUT2D eigenvalue weighted by atomic mass is 16.4. The van der Waals surface area contributed by atoms with Gasteiger partial charge in [-0.2, -0.15) is 0 Å². The lowest BCUT2D eigenvalue weighted by molar-refractivity contribution is 0.0669. The summed E-state index contributed by atoms with van der Waals surface area (Å²) in [6.07, 6.45) is 5.65. The number of carbonyl (C=O) groups is 2. The molecule has 1 fully saturated rings. The predicted octanol–water partition coefficient (Wildman–Crippen LogP) is 3.58. The minimum absolute atomic E-state index is 0.109. The van der Waals surface area contributed by atoms with E-state index in [9.17, 15) is 9.59 Å². The van der Waals surface area contributed by atoms with E-state index in [0.29, 0.717) is 11.5 Å². The maximum absolute atomic E-state index is 12.9. The lowest BCUT2D eigenvalue weighted by Gasteiger charge is -2.38. The van der Waals surface area contributed by atoms with Gasteiger partial charge in [-0.1, -0.05) is 43.2 Å². The molecule has 0 radical (unpaired) electrons. The van der Waals surface area contributed by atoms with E-state index in [1.54, 1.807) is 11.0 Å². The Kier molecular flexibility index (Phi) is 5.12. The molecule has 130 valence electrons. The molecule has 1 saturated carbocycles. The van der Waals surface area contributed by atoms with Crippen molar-refractivity contribution in [2.24, 2.45) is 0 Å². The van der Waals surface area contributed by atoms with Crippen molar-refractivity contribution in [3.63, 3.8) is 0 Å². The highest BCUT2D eigenvalue weighted by Crippen LogP contribution is 2.36. The number of rotatable bonds is 4. The van der Waals surface area contributed by atoms with Gasteiger partial charge in [0.2, 0.25) is 0 Å². The van der Waals surface area contributed by atoms with E-state index in [1.165, 1.54) is 17.8 Å². The number of likely N-dealkylation sites (N-methyl/N-ethyl adjacent to an activating group) is 1. The molecule has 3 rings (SSSR count). The first-order valence-electron chi connectivity index (χ1n) is 8.59. The normalized spacial score (nSPS) is 20.0. The van der Waals surface area contributed by atoms with Gasteiger partial charge in [0.05, 0.1) is 0 Å². The summed E-state index contributed by atoms with van der Waals surface area (Å²) in [6, 6.07) is 13.3. The third-order valence-corrected chi connectivity index (χ3v) is 5.00. The molecule has 1 aromatic heterocycles. The molecule has 5 heteroatoms. The molecular weight excluding hydrogens is 316 g/mol. The largest absolute Gasteiger partial charge is 0.477 e. The summed E-state index contributed by atoms with van der Waals surface area (Å²) in [5.74, 6) is -0.973. The first kappa shape index (κ1) is 17.1. The Morgan fingerprint density at radius 3 is 2.56 bits per heavy atom. The van der Waals surface area contributed by atoms with Crippen LogP contribution in [0.15, 0.2) is 48.7 Å². The quantitative estimate of drug-likeness (QED) is 0.925. The molecule has 25 heavy (non-hydrogen) atoms. The Balaban J connectivity index is 1.85. The van der Waals surface area contributed by atoms with Crippen LogP contribution in [0.2, 0.25) is 0 Å². The second-order valence-electron chi connectivity index (χ2n) is 6.52. The SMILES string of the molecule is CN(C(=O)c1ccnc(C(=O)O)c1)C1CCCCC1c1ccccc1. The summed E-state index contributed by atoms with van der Waals surface area (Å²) in [4.78, 5) is 29.6. The smallest absolute Gasteiger partial charge is 0.354 e. The highest BCUT2D eigenvalue weighted by molar-refractivity contribution is 5.96. The van der Waals surface area contributed by atoms with Gasteiger partial charge >= 0.3 is 5.97 Å². The first-order valence-corrected chi connectivity index (χ1v) is 8.59. The van der Waals surface area contributed by atoms with E-state index in [1.807, 2.05) is 25.2 Å². The van der Waals surface area contributed by atoms with E-state index in [0.717, 1.165) is 25.7 Å². The summed E-state index contributed by atoms with van der Waals surface area (Å²) in [5, 5.41) is 9.08. The zero-order valence-corrected chi connectivity index (χ0v) is 14.3. The predicted molar refractivity (Wildman–Crippen MR) is 94.7 cm³/mol. The number of aromatic carboxylic acids is 1. The highest BCUT2D eigenvalue weighted by Gasteiger charge is 2.32. The average molecular weight is 338 g/mol. The van der Waals surface area contributed by atoms with Crippen LogP contribution in [0.4, 0.5) is 0 Å². The van der Waals surface area contributed by atoms with E-state index < -0.39 is 5.97 Å². The summed E-state index contributed by atoms with van der Waals surface area (Å²) >= 11 is 0. The van der Waals surface area contributed by atoms with Gasteiger partial charge in [-0.3, -0.25) is 4.79 Å². The molecule has 0 spiro atoms. The number of aromatic nitrogens is 1. The van der Waals surface area contributed by atoms with Crippen molar-refractivity contribution in [1.82, 2.24) is 9.88 Å². The van der Waals surface area contributed by atoms with Crippen molar-refractivity contribution in [2.75, 3.05) is 7.05 Å². The van der Waals surface area contributed by atoms with Crippen LogP contribution < -0.4 is 0 Å². The molecule has 1 aliphatic carbocycles. The number of pyridine rings is 1. The summed E-state index contributed by atoms with van der Waals surface area (Å²) < 4.78 is 0. The fraction of sp³-hybridized carbons (Fsp3) is 0.350. The maximum Gasteiger partial charge on any atom is 0.354 e. The Hall–Kier alpha value is -2.69. The average Bonchev–Trinajstić information content (AvgIpc) is 2.67. The van der Waals surface area contributed by atoms with Gasteiger partial charge in [-0.15, -0.1) is 0 Å². The van der Waals surface area contributed by atoms with Crippen LogP contribution in [0.25, 0.3) is 0 Å². The fourth-order valence-electron chi connectivity index (χ4n) is 3.70. The number of amides is 1. The molecule has 1 heterocycles. The van der Waals surface area contributed by atoms with Crippen molar-refractivity contribution in [3.8, 4) is 0 Å². The zero-order chi connectivity index (χ0) is 17.8. The lowest BCUT2D eigenvalue weighted by Crippen LogP contribution is -2.42.